The first-order valence-corrected chi connectivity index (χ1v) is 6.41. The van der Waals surface area contributed by atoms with Crippen molar-refractivity contribution in [1.29, 1.82) is 0 Å². The predicted molar refractivity (Wildman–Crippen MR) is 63.8 cm³/mol. The normalized spacial score (nSPS) is 34.0. The Bertz CT molecular complexity index is 272. The summed E-state index contributed by atoms with van der Waals surface area (Å²) in [6.45, 7) is 4.96. The number of amides is 1. The van der Waals surface area contributed by atoms with Gasteiger partial charge in [-0.05, 0) is 12.8 Å². The maximum atomic E-state index is 12.3. The second kappa shape index (κ2) is 5.80. The van der Waals surface area contributed by atoms with Gasteiger partial charge < -0.3 is 19.7 Å². The number of morpholine rings is 1. The molecule has 1 N–H and O–H groups in total. The fraction of sp³-hybridized carbons (Fsp3) is 0.917. The van der Waals surface area contributed by atoms with E-state index in [4.69, 9.17) is 9.47 Å². The summed E-state index contributed by atoms with van der Waals surface area (Å²) in [6, 6.07) is -0.0736. The SMILES string of the molecule is CCC1CN(C(=O)C2CC(OC)CN2)CCO1. The fourth-order valence-corrected chi connectivity index (χ4v) is 2.46. The number of hydrogen-bond acceptors (Lipinski definition) is 4. The lowest BCUT2D eigenvalue weighted by molar-refractivity contribution is -0.140. The highest BCUT2D eigenvalue weighted by atomic mass is 16.5. The van der Waals surface area contributed by atoms with Crippen LogP contribution in [0.1, 0.15) is 19.8 Å². The molecule has 0 saturated carbocycles. The molecule has 0 spiro atoms. The zero-order chi connectivity index (χ0) is 12.3. The van der Waals surface area contributed by atoms with Crippen molar-refractivity contribution in [1.82, 2.24) is 10.2 Å². The molecular weight excluding hydrogens is 220 g/mol. The van der Waals surface area contributed by atoms with Crippen molar-refractivity contribution < 1.29 is 14.3 Å². The minimum atomic E-state index is -0.0736. The molecule has 2 aliphatic heterocycles. The van der Waals surface area contributed by atoms with Crippen molar-refractivity contribution in [2.24, 2.45) is 0 Å². The van der Waals surface area contributed by atoms with E-state index >= 15 is 0 Å². The molecule has 0 aromatic rings. The number of hydrogen-bond donors (Lipinski definition) is 1. The molecular formula is C12H22N2O3. The molecule has 2 saturated heterocycles. The average Bonchev–Trinajstić information content (AvgIpc) is 2.86. The van der Waals surface area contributed by atoms with E-state index in [1.807, 2.05) is 4.90 Å². The van der Waals surface area contributed by atoms with Crippen LogP contribution in [0.2, 0.25) is 0 Å². The van der Waals surface area contributed by atoms with Crippen molar-refractivity contribution >= 4 is 5.91 Å². The van der Waals surface area contributed by atoms with Crippen molar-refractivity contribution in [3.05, 3.63) is 0 Å². The van der Waals surface area contributed by atoms with E-state index in [9.17, 15) is 4.79 Å². The second-order valence-electron chi connectivity index (χ2n) is 4.74. The summed E-state index contributed by atoms with van der Waals surface area (Å²) >= 11 is 0. The first-order chi connectivity index (χ1) is 8.24. The first-order valence-electron chi connectivity index (χ1n) is 6.41. The highest BCUT2D eigenvalue weighted by molar-refractivity contribution is 5.82. The minimum absolute atomic E-state index is 0.0736. The lowest BCUT2D eigenvalue weighted by Gasteiger charge is -2.34. The molecule has 3 atom stereocenters. The van der Waals surface area contributed by atoms with Gasteiger partial charge in [0.25, 0.3) is 0 Å². The number of carbonyl (C=O) groups is 1. The van der Waals surface area contributed by atoms with Crippen LogP contribution in [0.5, 0.6) is 0 Å². The fourth-order valence-electron chi connectivity index (χ4n) is 2.46. The van der Waals surface area contributed by atoms with Crippen LogP contribution >= 0.6 is 0 Å². The van der Waals surface area contributed by atoms with Crippen molar-refractivity contribution in [2.75, 3.05) is 33.4 Å². The van der Waals surface area contributed by atoms with Gasteiger partial charge in [0, 0.05) is 26.7 Å². The van der Waals surface area contributed by atoms with Crippen LogP contribution in [0, 0.1) is 0 Å². The average molecular weight is 242 g/mol. The van der Waals surface area contributed by atoms with E-state index < -0.39 is 0 Å². The number of rotatable bonds is 3. The van der Waals surface area contributed by atoms with E-state index in [0.29, 0.717) is 13.2 Å². The van der Waals surface area contributed by atoms with Crippen molar-refractivity contribution in [3.63, 3.8) is 0 Å². The molecule has 0 aromatic carbocycles. The molecule has 0 aromatic heterocycles. The van der Waals surface area contributed by atoms with Crippen LogP contribution in [0.15, 0.2) is 0 Å². The Hall–Kier alpha value is -0.650. The Morgan fingerprint density at radius 2 is 2.41 bits per heavy atom. The standard InChI is InChI=1S/C12H22N2O3/c1-3-9-8-14(4-5-17-9)12(15)11-6-10(16-2)7-13-11/h9-11,13H,3-8H2,1-2H3. The van der Waals surface area contributed by atoms with E-state index in [0.717, 1.165) is 25.9 Å². The molecule has 98 valence electrons. The summed E-state index contributed by atoms with van der Waals surface area (Å²) in [4.78, 5) is 14.2. The van der Waals surface area contributed by atoms with E-state index in [1.165, 1.54) is 0 Å². The molecule has 17 heavy (non-hydrogen) atoms. The zero-order valence-corrected chi connectivity index (χ0v) is 10.6. The number of nitrogens with zero attached hydrogens (tertiary/aromatic N) is 1. The third-order valence-corrected chi connectivity index (χ3v) is 3.63. The van der Waals surface area contributed by atoms with Crippen LogP contribution in [0.4, 0.5) is 0 Å². The van der Waals surface area contributed by atoms with Gasteiger partial charge in [0.1, 0.15) is 0 Å². The molecule has 2 fully saturated rings. The van der Waals surface area contributed by atoms with Gasteiger partial charge in [-0.15, -0.1) is 0 Å². The van der Waals surface area contributed by atoms with E-state index in [-0.39, 0.29) is 24.2 Å². The second-order valence-corrected chi connectivity index (χ2v) is 4.74. The third-order valence-electron chi connectivity index (χ3n) is 3.63. The van der Waals surface area contributed by atoms with Crippen molar-refractivity contribution in [3.8, 4) is 0 Å². The topological polar surface area (TPSA) is 50.8 Å². The molecule has 0 bridgehead atoms. The van der Waals surface area contributed by atoms with Crippen LogP contribution in [-0.4, -0.2) is 62.4 Å². The number of ether oxygens (including phenoxy) is 2. The summed E-state index contributed by atoms with van der Waals surface area (Å²) in [5.74, 6) is 0.200. The van der Waals surface area contributed by atoms with Gasteiger partial charge in [0.2, 0.25) is 5.91 Å². The molecule has 2 aliphatic rings. The largest absolute Gasteiger partial charge is 0.380 e. The molecule has 5 heteroatoms. The first kappa shape index (κ1) is 12.8. The van der Waals surface area contributed by atoms with E-state index in [2.05, 4.69) is 12.2 Å². The van der Waals surface area contributed by atoms with Crippen LogP contribution in [0.3, 0.4) is 0 Å². The molecule has 0 aliphatic carbocycles. The molecule has 3 unspecified atom stereocenters. The lowest BCUT2D eigenvalue weighted by Crippen LogP contribution is -2.51. The van der Waals surface area contributed by atoms with Crippen LogP contribution in [0.25, 0.3) is 0 Å². The maximum Gasteiger partial charge on any atom is 0.239 e. The summed E-state index contributed by atoms with van der Waals surface area (Å²) in [7, 11) is 1.70. The Morgan fingerprint density at radius 1 is 1.59 bits per heavy atom. The van der Waals surface area contributed by atoms with Gasteiger partial charge in [-0.1, -0.05) is 6.92 Å². The molecule has 0 radical (unpaired) electrons. The smallest absolute Gasteiger partial charge is 0.239 e. The summed E-state index contributed by atoms with van der Waals surface area (Å²) < 4.78 is 10.8. The highest BCUT2D eigenvalue weighted by Gasteiger charge is 2.34. The number of methoxy groups -OCH3 is 1. The van der Waals surface area contributed by atoms with Gasteiger partial charge in [0.15, 0.2) is 0 Å². The van der Waals surface area contributed by atoms with Gasteiger partial charge >= 0.3 is 0 Å². The molecule has 2 heterocycles. The minimum Gasteiger partial charge on any atom is -0.380 e. The van der Waals surface area contributed by atoms with Gasteiger partial charge in [-0.25, -0.2) is 0 Å². The Morgan fingerprint density at radius 3 is 3.06 bits per heavy atom. The third kappa shape index (κ3) is 2.97. The lowest BCUT2D eigenvalue weighted by atomic mass is 10.1. The van der Waals surface area contributed by atoms with Gasteiger partial charge in [0.05, 0.1) is 24.9 Å². The molecule has 5 nitrogen and oxygen atoms in total. The monoisotopic (exact) mass is 242 g/mol. The predicted octanol–water partition coefficient (Wildman–Crippen LogP) is 0.000700. The van der Waals surface area contributed by atoms with Gasteiger partial charge in [-0.2, -0.15) is 0 Å². The summed E-state index contributed by atoms with van der Waals surface area (Å²) in [6.07, 6.45) is 2.12. The molecule has 2 rings (SSSR count). The number of carbonyl (C=O) groups excluding carboxylic acids is 1. The van der Waals surface area contributed by atoms with Crippen LogP contribution in [-0.2, 0) is 14.3 Å². The zero-order valence-electron chi connectivity index (χ0n) is 10.6. The van der Waals surface area contributed by atoms with Gasteiger partial charge in [-0.3, -0.25) is 4.79 Å². The van der Waals surface area contributed by atoms with Crippen LogP contribution < -0.4 is 5.32 Å². The van der Waals surface area contributed by atoms with Crippen molar-refractivity contribution in [2.45, 2.75) is 38.0 Å². The maximum absolute atomic E-state index is 12.3. The summed E-state index contributed by atoms with van der Waals surface area (Å²) in [5, 5.41) is 3.23. The summed E-state index contributed by atoms with van der Waals surface area (Å²) in [5.41, 5.74) is 0. The quantitative estimate of drug-likeness (QED) is 0.757. The number of nitrogens with one attached hydrogen (secondary N) is 1. The van der Waals surface area contributed by atoms with E-state index in [1.54, 1.807) is 7.11 Å². The Kier molecular flexibility index (Phi) is 4.36. The highest BCUT2D eigenvalue weighted by Crippen LogP contribution is 2.15. The Balaban J connectivity index is 1.87. The molecule has 1 amide bonds. The Labute approximate surface area is 102 Å².